The smallest absolute Gasteiger partial charge is 0.158 e. The number of aryl methyl sites for hydroxylation is 1. The zero-order valence-corrected chi connectivity index (χ0v) is 21.1. The SMILES string of the molecule is CN1CCN(C2=Nc3ccccc3Nc3sc(C4CCCC4)nc32)C[C@@H]1CCc1cccc(O)c1. The lowest BCUT2D eigenvalue weighted by Gasteiger charge is -2.40. The molecule has 0 bridgehead atoms. The van der Waals surface area contributed by atoms with E-state index in [9.17, 15) is 5.11 Å². The Kier molecular flexibility index (Phi) is 6.20. The second-order valence-electron chi connectivity index (χ2n) is 10.1. The molecule has 3 aromatic rings. The highest BCUT2D eigenvalue weighted by molar-refractivity contribution is 7.16. The lowest BCUT2D eigenvalue weighted by molar-refractivity contribution is 0.134. The fraction of sp³-hybridized carbons (Fsp3) is 0.429. The number of aromatic nitrogens is 1. The minimum absolute atomic E-state index is 0.342. The minimum Gasteiger partial charge on any atom is -0.508 e. The van der Waals surface area contributed by atoms with E-state index in [1.807, 2.05) is 23.5 Å². The quantitative estimate of drug-likeness (QED) is 0.480. The lowest BCUT2D eigenvalue weighted by Crippen LogP contribution is -2.53. The molecule has 1 aliphatic carbocycles. The Hall–Kier alpha value is -2.90. The van der Waals surface area contributed by atoms with Gasteiger partial charge >= 0.3 is 0 Å². The standard InChI is InChI=1S/C28H33N5OS/c1-32-15-16-33(18-21(32)14-13-19-7-6-10-22(34)17-19)26-25-28(30-24-12-5-4-11-23(24)29-26)35-27(31-25)20-8-2-3-9-20/h4-7,10-12,17,20-21,30,34H,2-3,8-9,13-16,18H2,1H3/t21-/m0/s1. The molecule has 2 aromatic carbocycles. The molecule has 0 spiro atoms. The van der Waals surface area contributed by atoms with Gasteiger partial charge in [0.1, 0.15) is 16.4 Å². The van der Waals surface area contributed by atoms with Gasteiger partial charge in [0.05, 0.1) is 16.4 Å². The first-order valence-corrected chi connectivity index (χ1v) is 13.6. The third-order valence-corrected chi connectivity index (χ3v) is 8.83. The number of amidine groups is 1. The van der Waals surface area contributed by atoms with E-state index in [1.54, 1.807) is 6.07 Å². The van der Waals surface area contributed by atoms with Crippen LogP contribution in [0.25, 0.3) is 0 Å². The van der Waals surface area contributed by atoms with Gasteiger partial charge in [-0.05, 0) is 62.6 Å². The minimum atomic E-state index is 0.342. The maximum atomic E-state index is 9.85. The van der Waals surface area contributed by atoms with Crippen LogP contribution in [0, 0.1) is 0 Å². The van der Waals surface area contributed by atoms with Crippen LogP contribution in [-0.4, -0.2) is 58.4 Å². The molecule has 1 saturated heterocycles. The van der Waals surface area contributed by atoms with E-state index < -0.39 is 0 Å². The zero-order chi connectivity index (χ0) is 23.8. The molecular weight excluding hydrogens is 454 g/mol. The average Bonchev–Trinajstić information content (AvgIpc) is 3.51. The van der Waals surface area contributed by atoms with Crippen LogP contribution in [0.4, 0.5) is 16.4 Å². The average molecular weight is 488 g/mol. The van der Waals surface area contributed by atoms with Crippen molar-refractivity contribution in [2.45, 2.75) is 50.5 Å². The van der Waals surface area contributed by atoms with Gasteiger partial charge in [0.15, 0.2) is 5.84 Å². The number of benzene rings is 2. The van der Waals surface area contributed by atoms with Crippen molar-refractivity contribution in [2.75, 3.05) is 32.0 Å². The summed E-state index contributed by atoms with van der Waals surface area (Å²) in [5, 5.41) is 15.9. The molecule has 1 aromatic heterocycles. The van der Waals surface area contributed by atoms with Crippen LogP contribution in [0.15, 0.2) is 53.5 Å². The number of piperazine rings is 1. The topological polar surface area (TPSA) is 64.0 Å². The maximum absolute atomic E-state index is 9.85. The highest BCUT2D eigenvalue weighted by atomic mass is 32.1. The van der Waals surface area contributed by atoms with Crippen molar-refractivity contribution in [2.24, 2.45) is 4.99 Å². The van der Waals surface area contributed by atoms with Crippen LogP contribution < -0.4 is 5.32 Å². The monoisotopic (exact) mass is 487 g/mol. The third-order valence-electron chi connectivity index (χ3n) is 7.69. The van der Waals surface area contributed by atoms with Gasteiger partial charge in [0.2, 0.25) is 0 Å². The summed E-state index contributed by atoms with van der Waals surface area (Å²) >= 11 is 1.82. The fourth-order valence-electron chi connectivity index (χ4n) is 5.60. The molecule has 3 heterocycles. The first-order valence-electron chi connectivity index (χ1n) is 12.8. The predicted molar refractivity (Wildman–Crippen MR) is 144 cm³/mol. The number of anilines is 2. The van der Waals surface area contributed by atoms with E-state index in [0.717, 1.165) is 60.4 Å². The predicted octanol–water partition coefficient (Wildman–Crippen LogP) is 5.89. The molecule has 1 saturated carbocycles. The van der Waals surface area contributed by atoms with Crippen molar-refractivity contribution in [1.82, 2.24) is 14.8 Å². The molecule has 35 heavy (non-hydrogen) atoms. The first-order chi connectivity index (χ1) is 17.1. The third kappa shape index (κ3) is 4.67. The number of rotatable bonds is 4. The molecule has 7 heteroatoms. The van der Waals surface area contributed by atoms with E-state index in [-0.39, 0.29) is 0 Å². The van der Waals surface area contributed by atoms with Gasteiger partial charge < -0.3 is 15.3 Å². The van der Waals surface area contributed by atoms with Crippen molar-refractivity contribution >= 4 is 33.5 Å². The Morgan fingerprint density at radius 2 is 1.94 bits per heavy atom. The summed E-state index contributed by atoms with van der Waals surface area (Å²) in [6.45, 7) is 2.86. The van der Waals surface area contributed by atoms with E-state index in [1.165, 1.54) is 36.3 Å². The summed E-state index contributed by atoms with van der Waals surface area (Å²) in [6, 6.07) is 16.4. The molecule has 3 aliphatic rings. The molecule has 0 amide bonds. The number of para-hydroxylation sites is 2. The molecule has 2 fully saturated rings. The number of fused-ring (bicyclic) bond motifs is 2. The van der Waals surface area contributed by atoms with Gasteiger partial charge in [-0.1, -0.05) is 37.1 Å². The molecular formula is C28H33N5OS. The second kappa shape index (κ2) is 9.63. The Bertz CT molecular complexity index is 1230. The summed E-state index contributed by atoms with van der Waals surface area (Å²) in [5.74, 6) is 1.94. The van der Waals surface area contributed by atoms with E-state index in [4.69, 9.17) is 9.98 Å². The van der Waals surface area contributed by atoms with Gasteiger partial charge in [-0.15, -0.1) is 11.3 Å². The van der Waals surface area contributed by atoms with E-state index in [2.05, 4.69) is 52.5 Å². The Morgan fingerprint density at radius 1 is 1.09 bits per heavy atom. The molecule has 0 radical (unpaired) electrons. The summed E-state index contributed by atoms with van der Waals surface area (Å²) in [7, 11) is 2.22. The Morgan fingerprint density at radius 3 is 2.80 bits per heavy atom. The van der Waals surface area contributed by atoms with Gasteiger partial charge in [-0.2, -0.15) is 0 Å². The van der Waals surface area contributed by atoms with Crippen LogP contribution in [0.5, 0.6) is 5.75 Å². The molecule has 1 atom stereocenters. The van der Waals surface area contributed by atoms with E-state index >= 15 is 0 Å². The van der Waals surface area contributed by atoms with Gasteiger partial charge in [0.25, 0.3) is 0 Å². The molecule has 0 unspecified atom stereocenters. The Balaban J connectivity index is 1.29. The van der Waals surface area contributed by atoms with Crippen LogP contribution in [-0.2, 0) is 6.42 Å². The molecule has 2 aliphatic heterocycles. The first kappa shape index (κ1) is 22.6. The van der Waals surface area contributed by atoms with Gasteiger partial charge in [-0.3, -0.25) is 4.90 Å². The van der Waals surface area contributed by atoms with Crippen LogP contribution in [0.1, 0.15) is 54.3 Å². The number of phenols is 1. The number of aliphatic imine (C=N–C) groups is 1. The Labute approximate surface area is 211 Å². The maximum Gasteiger partial charge on any atom is 0.158 e. The number of phenolic OH excluding ortho intramolecular Hbond substituents is 1. The van der Waals surface area contributed by atoms with Crippen molar-refractivity contribution < 1.29 is 5.11 Å². The number of nitrogens with one attached hydrogen (secondary N) is 1. The number of nitrogens with zero attached hydrogens (tertiary/aromatic N) is 4. The summed E-state index contributed by atoms with van der Waals surface area (Å²) in [4.78, 5) is 15.3. The largest absolute Gasteiger partial charge is 0.508 e. The fourth-order valence-corrected chi connectivity index (χ4v) is 6.75. The van der Waals surface area contributed by atoms with Crippen LogP contribution in [0.2, 0.25) is 0 Å². The molecule has 6 nitrogen and oxygen atoms in total. The number of thiazole rings is 1. The number of aromatic hydroxyl groups is 1. The molecule has 182 valence electrons. The molecule has 2 N–H and O–H groups in total. The summed E-state index contributed by atoms with van der Waals surface area (Å²) < 4.78 is 0. The second-order valence-corrected chi connectivity index (χ2v) is 11.1. The zero-order valence-electron chi connectivity index (χ0n) is 20.3. The summed E-state index contributed by atoms with van der Waals surface area (Å²) in [6.07, 6.45) is 7.11. The van der Waals surface area contributed by atoms with Crippen molar-refractivity contribution in [1.29, 1.82) is 0 Å². The highest BCUT2D eigenvalue weighted by Gasteiger charge is 2.32. The lowest BCUT2D eigenvalue weighted by atomic mass is 10.0. The van der Waals surface area contributed by atoms with Crippen LogP contribution in [0.3, 0.4) is 0 Å². The van der Waals surface area contributed by atoms with Gasteiger partial charge in [0, 0.05) is 31.6 Å². The number of likely N-dealkylation sites (N-methyl/N-ethyl adjacent to an activating group) is 1. The highest BCUT2D eigenvalue weighted by Crippen LogP contribution is 2.43. The number of hydrogen-bond donors (Lipinski definition) is 2. The normalized spacial score (nSPS) is 20.7. The summed E-state index contributed by atoms with van der Waals surface area (Å²) in [5.41, 5.74) is 4.23. The van der Waals surface area contributed by atoms with Crippen molar-refractivity contribution in [3.63, 3.8) is 0 Å². The van der Waals surface area contributed by atoms with Gasteiger partial charge in [-0.25, -0.2) is 9.98 Å². The van der Waals surface area contributed by atoms with Crippen LogP contribution >= 0.6 is 11.3 Å². The number of hydrogen-bond acceptors (Lipinski definition) is 7. The van der Waals surface area contributed by atoms with Crippen molar-refractivity contribution in [3.05, 3.63) is 64.8 Å². The van der Waals surface area contributed by atoms with E-state index in [0.29, 0.717) is 17.7 Å². The van der Waals surface area contributed by atoms with Crippen molar-refractivity contribution in [3.8, 4) is 5.75 Å². The molecule has 6 rings (SSSR count).